The molecule has 0 bridgehead atoms. The van der Waals surface area contributed by atoms with Crippen LogP contribution in [0.15, 0.2) is 51.7 Å². The van der Waals surface area contributed by atoms with Crippen molar-refractivity contribution in [3.63, 3.8) is 0 Å². The lowest BCUT2D eigenvalue weighted by Gasteiger charge is -2.03. The summed E-state index contributed by atoms with van der Waals surface area (Å²) in [7, 11) is 0. The molecule has 0 fully saturated rings. The lowest BCUT2D eigenvalue weighted by Crippen LogP contribution is -2.14. The zero-order valence-corrected chi connectivity index (χ0v) is 11.4. The molecule has 1 aromatic heterocycles. The first-order valence-electron chi connectivity index (χ1n) is 5.62. The van der Waals surface area contributed by atoms with Crippen molar-refractivity contribution >= 4 is 27.0 Å². The first kappa shape index (κ1) is 11.3. The van der Waals surface area contributed by atoms with Crippen molar-refractivity contribution in [1.82, 2.24) is 9.55 Å². The summed E-state index contributed by atoms with van der Waals surface area (Å²) in [6.45, 7) is 2.01. The Kier molecular flexibility index (Phi) is 2.59. The average Bonchev–Trinajstić information content (AvgIpc) is 2.65. The maximum Gasteiger partial charge on any atom is 0.331 e. The fourth-order valence-electron chi connectivity index (χ4n) is 2.07. The number of rotatable bonds is 1. The molecule has 0 saturated heterocycles. The van der Waals surface area contributed by atoms with E-state index in [1.54, 1.807) is 4.57 Å². The van der Waals surface area contributed by atoms with Gasteiger partial charge in [0.25, 0.3) is 0 Å². The van der Waals surface area contributed by atoms with Gasteiger partial charge in [-0.05, 0) is 48.9 Å². The second kappa shape index (κ2) is 4.14. The Morgan fingerprint density at radius 3 is 2.56 bits per heavy atom. The molecule has 1 heterocycles. The zero-order valence-electron chi connectivity index (χ0n) is 9.77. The lowest BCUT2D eigenvalue weighted by molar-refractivity contribution is 1.02. The van der Waals surface area contributed by atoms with Gasteiger partial charge in [0.15, 0.2) is 0 Å². The lowest BCUT2D eigenvalue weighted by atomic mass is 10.2. The van der Waals surface area contributed by atoms with Crippen molar-refractivity contribution in [2.45, 2.75) is 6.92 Å². The monoisotopic (exact) mass is 302 g/mol. The van der Waals surface area contributed by atoms with E-state index >= 15 is 0 Å². The van der Waals surface area contributed by atoms with E-state index in [4.69, 9.17) is 0 Å². The van der Waals surface area contributed by atoms with Crippen LogP contribution >= 0.6 is 15.9 Å². The molecule has 0 spiro atoms. The van der Waals surface area contributed by atoms with E-state index in [2.05, 4.69) is 20.9 Å². The summed E-state index contributed by atoms with van der Waals surface area (Å²) in [5.74, 6) is 0. The molecule has 18 heavy (non-hydrogen) atoms. The van der Waals surface area contributed by atoms with E-state index in [0.717, 1.165) is 26.8 Å². The fraction of sp³-hybridized carbons (Fsp3) is 0.0714. The quantitative estimate of drug-likeness (QED) is 0.735. The molecule has 3 aromatic rings. The number of aryl methyl sites for hydroxylation is 1. The minimum Gasteiger partial charge on any atom is -0.305 e. The number of aromatic nitrogens is 2. The van der Waals surface area contributed by atoms with Crippen LogP contribution in [-0.2, 0) is 0 Å². The molecule has 0 aliphatic carbocycles. The van der Waals surface area contributed by atoms with Crippen molar-refractivity contribution in [3.8, 4) is 5.69 Å². The van der Waals surface area contributed by atoms with Gasteiger partial charge in [-0.15, -0.1) is 0 Å². The maximum atomic E-state index is 12.0. The third-order valence-corrected chi connectivity index (χ3v) is 3.45. The van der Waals surface area contributed by atoms with E-state index in [0.29, 0.717) is 0 Å². The van der Waals surface area contributed by atoms with Gasteiger partial charge < -0.3 is 4.98 Å². The third-order valence-electron chi connectivity index (χ3n) is 2.92. The Labute approximate surface area is 112 Å². The van der Waals surface area contributed by atoms with Crippen molar-refractivity contribution in [2.75, 3.05) is 0 Å². The second-order valence-corrected chi connectivity index (χ2v) is 5.18. The molecule has 0 radical (unpaired) electrons. The van der Waals surface area contributed by atoms with Gasteiger partial charge in [0.05, 0.1) is 16.7 Å². The molecule has 4 heteroatoms. The van der Waals surface area contributed by atoms with Crippen molar-refractivity contribution in [2.24, 2.45) is 0 Å². The molecular formula is C14H11BrN2O. The Bertz CT molecular complexity index is 769. The van der Waals surface area contributed by atoms with Crippen LogP contribution in [0.3, 0.4) is 0 Å². The number of benzene rings is 2. The van der Waals surface area contributed by atoms with Crippen LogP contribution in [0.1, 0.15) is 5.56 Å². The normalized spacial score (nSPS) is 11.0. The molecule has 1 N–H and O–H groups in total. The zero-order chi connectivity index (χ0) is 12.7. The van der Waals surface area contributed by atoms with Crippen LogP contribution < -0.4 is 5.69 Å². The van der Waals surface area contributed by atoms with E-state index in [1.807, 2.05) is 49.4 Å². The SMILES string of the molecule is Cc1ccc2c(c1)[nH]c(=O)n2-c1ccc(Br)cc1. The highest BCUT2D eigenvalue weighted by atomic mass is 79.9. The molecule has 3 rings (SSSR count). The number of nitrogens with zero attached hydrogens (tertiary/aromatic N) is 1. The van der Waals surface area contributed by atoms with Crippen molar-refractivity contribution in [3.05, 3.63) is 63.0 Å². The highest BCUT2D eigenvalue weighted by molar-refractivity contribution is 9.10. The first-order chi connectivity index (χ1) is 8.65. The number of fused-ring (bicyclic) bond motifs is 1. The minimum absolute atomic E-state index is 0.113. The number of halogens is 1. The van der Waals surface area contributed by atoms with Crippen molar-refractivity contribution < 1.29 is 0 Å². The molecule has 0 atom stereocenters. The van der Waals surface area contributed by atoms with Gasteiger partial charge in [0, 0.05) is 4.47 Å². The van der Waals surface area contributed by atoms with Gasteiger partial charge >= 0.3 is 5.69 Å². The first-order valence-corrected chi connectivity index (χ1v) is 6.42. The fourth-order valence-corrected chi connectivity index (χ4v) is 2.34. The maximum absolute atomic E-state index is 12.0. The Hall–Kier alpha value is -1.81. The summed E-state index contributed by atoms with van der Waals surface area (Å²) in [5, 5.41) is 0. The van der Waals surface area contributed by atoms with E-state index in [1.165, 1.54) is 0 Å². The molecule has 3 nitrogen and oxygen atoms in total. The summed E-state index contributed by atoms with van der Waals surface area (Å²) in [6, 6.07) is 13.6. The molecule has 0 aliphatic rings. The number of hydrogen-bond donors (Lipinski definition) is 1. The number of hydrogen-bond acceptors (Lipinski definition) is 1. The molecular weight excluding hydrogens is 292 g/mol. The second-order valence-electron chi connectivity index (χ2n) is 4.26. The Morgan fingerprint density at radius 1 is 1.11 bits per heavy atom. The van der Waals surface area contributed by atoms with E-state index in [-0.39, 0.29) is 5.69 Å². The van der Waals surface area contributed by atoms with Gasteiger partial charge in [-0.1, -0.05) is 22.0 Å². The predicted octanol–water partition coefficient (Wildman–Crippen LogP) is 3.39. The average molecular weight is 303 g/mol. The van der Waals surface area contributed by atoms with Gasteiger partial charge in [-0.3, -0.25) is 4.57 Å². The van der Waals surface area contributed by atoms with Gasteiger partial charge in [-0.25, -0.2) is 4.79 Å². The number of aromatic amines is 1. The number of imidazole rings is 1. The van der Waals surface area contributed by atoms with Crippen LogP contribution in [0.25, 0.3) is 16.7 Å². The largest absolute Gasteiger partial charge is 0.331 e. The van der Waals surface area contributed by atoms with Crippen molar-refractivity contribution in [1.29, 1.82) is 0 Å². The van der Waals surface area contributed by atoms with Crippen LogP contribution in [0, 0.1) is 6.92 Å². The Balaban J connectivity index is 2.32. The number of nitrogens with one attached hydrogen (secondary N) is 1. The third kappa shape index (κ3) is 1.78. The molecule has 90 valence electrons. The summed E-state index contributed by atoms with van der Waals surface area (Å²) >= 11 is 3.39. The van der Waals surface area contributed by atoms with E-state index in [9.17, 15) is 4.79 Å². The molecule has 0 saturated carbocycles. The topological polar surface area (TPSA) is 37.8 Å². The smallest absolute Gasteiger partial charge is 0.305 e. The molecule has 0 amide bonds. The van der Waals surface area contributed by atoms with Gasteiger partial charge in [0.1, 0.15) is 0 Å². The minimum atomic E-state index is -0.113. The van der Waals surface area contributed by atoms with Gasteiger partial charge in [-0.2, -0.15) is 0 Å². The summed E-state index contributed by atoms with van der Waals surface area (Å²) < 4.78 is 2.68. The summed E-state index contributed by atoms with van der Waals surface area (Å²) in [5.41, 5.74) is 3.64. The van der Waals surface area contributed by atoms with Crippen LogP contribution in [0.4, 0.5) is 0 Å². The van der Waals surface area contributed by atoms with Crippen LogP contribution in [0.2, 0.25) is 0 Å². The predicted molar refractivity (Wildman–Crippen MR) is 76.3 cm³/mol. The van der Waals surface area contributed by atoms with E-state index < -0.39 is 0 Å². The standard InChI is InChI=1S/C14H11BrN2O/c1-9-2-7-13-12(8-9)16-14(18)17(13)11-5-3-10(15)4-6-11/h2-8H,1H3,(H,16,18). The van der Waals surface area contributed by atoms with Gasteiger partial charge in [0.2, 0.25) is 0 Å². The highest BCUT2D eigenvalue weighted by Crippen LogP contribution is 2.18. The molecule has 0 aliphatic heterocycles. The Morgan fingerprint density at radius 2 is 1.83 bits per heavy atom. The molecule has 2 aromatic carbocycles. The molecule has 0 unspecified atom stereocenters. The van der Waals surface area contributed by atoms with Crippen LogP contribution in [0.5, 0.6) is 0 Å². The summed E-state index contributed by atoms with van der Waals surface area (Å²) in [6.07, 6.45) is 0. The van der Waals surface area contributed by atoms with Crippen LogP contribution in [-0.4, -0.2) is 9.55 Å². The number of H-pyrrole nitrogens is 1. The highest BCUT2D eigenvalue weighted by Gasteiger charge is 2.08. The summed E-state index contributed by atoms with van der Waals surface area (Å²) in [4.78, 5) is 14.9.